The molecule has 0 spiro atoms. The molecule has 2 atom stereocenters. The van der Waals surface area contributed by atoms with Gasteiger partial charge in [-0.1, -0.05) is 28.4 Å². The number of H-pyrrole nitrogens is 1. The van der Waals surface area contributed by atoms with Crippen LogP contribution in [0.25, 0.3) is 0 Å². The molecule has 1 aromatic carbocycles. The molecule has 1 amide bonds. The zero-order valence-corrected chi connectivity index (χ0v) is 16.4. The highest BCUT2D eigenvalue weighted by Crippen LogP contribution is 2.28. The fourth-order valence-corrected chi connectivity index (χ4v) is 5.47. The van der Waals surface area contributed by atoms with Crippen molar-refractivity contribution in [3.63, 3.8) is 0 Å². The lowest BCUT2D eigenvalue weighted by Crippen LogP contribution is -2.59. The van der Waals surface area contributed by atoms with Crippen molar-refractivity contribution in [1.82, 2.24) is 24.6 Å². The Morgan fingerprint density at radius 3 is 2.23 bits per heavy atom. The largest absolute Gasteiger partial charge is 0.329 e. The molecule has 2 aromatic rings. The Bertz CT molecular complexity index is 887. The molecule has 26 heavy (non-hydrogen) atoms. The molecule has 3 rings (SSSR count). The fraction of sp³-hybridized carbons (Fsp3) is 0.400. The Kier molecular flexibility index (Phi) is 5.25. The van der Waals surface area contributed by atoms with Crippen LogP contribution in [0.5, 0.6) is 0 Å². The van der Waals surface area contributed by atoms with Crippen LogP contribution >= 0.6 is 23.2 Å². The molecule has 0 radical (unpaired) electrons. The maximum atomic E-state index is 13.0. The number of carbonyl (C=O) groups excluding carboxylic acids is 1. The SMILES string of the molecule is C[C@@H]1CN(S(=O)(=O)c2cc(Cl)cc(Cl)c2)C[C@H](C)N1C(=O)c1c[nH]nn1. The summed E-state index contributed by atoms with van der Waals surface area (Å²) in [5, 5.41) is 10.3. The molecule has 1 aromatic heterocycles. The topological polar surface area (TPSA) is 99.3 Å². The van der Waals surface area contributed by atoms with E-state index in [1.807, 2.05) is 0 Å². The molecule has 11 heteroatoms. The third-order valence-corrected chi connectivity index (χ3v) is 6.48. The van der Waals surface area contributed by atoms with E-state index in [0.717, 1.165) is 0 Å². The van der Waals surface area contributed by atoms with Crippen LogP contribution in [-0.2, 0) is 10.0 Å². The minimum atomic E-state index is -3.78. The zero-order valence-electron chi connectivity index (χ0n) is 14.1. The summed E-state index contributed by atoms with van der Waals surface area (Å²) in [4.78, 5) is 14.3. The van der Waals surface area contributed by atoms with E-state index in [1.165, 1.54) is 28.7 Å². The highest BCUT2D eigenvalue weighted by atomic mass is 35.5. The predicted octanol–water partition coefficient (Wildman–Crippen LogP) is 2.04. The van der Waals surface area contributed by atoms with E-state index in [-0.39, 0.29) is 51.7 Å². The molecule has 0 unspecified atom stereocenters. The number of amides is 1. The molecule has 0 bridgehead atoms. The Balaban J connectivity index is 1.85. The standard InChI is InChI=1S/C15H17Cl2N5O3S/c1-9-7-21(26(24,25)13-4-11(16)3-12(17)5-13)8-10(2)22(9)15(23)14-6-18-20-19-14/h3-6,9-10H,7-8H2,1-2H3,(H,18,19,20)/t9-,10+. The second-order valence-electron chi connectivity index (χ2n) is 6.20. The molecule has 0 aliphatic carbocycles. The predicted molar refractivity (Wildman–Crippen MR) is 96.7 cm³/mol. The van der Waals surface area contributed by atoms with Gasteiger partial charge in [-0.25, -0.2) is 8.42 Å². The lowest BCUT2D eigenvalue weighted by Gasteiger charge is -2.43. The van der Waals surface area contributed by atoms with E-state index >= 15 is 0 Å². The van der Waals surface area contributed by atoms with Crippen molar-refractivity contribution in [3.05, 3.63) is 40.1 Å². The second-order valence-corrected chi connectivity index (χ2v) is 9.01. The van der Waals surface area contributed by atoms with Gasteiger partial charge in [-0.2, -0.15) is 4.31 Å². The van der Waals surface area contributed by atoms with Crippen molar-refractivity contribution in [2.24, 2.45) is 0 Å². The molecule has 140 valence electrons. The maximum Gasteiger partial charge on any atom is 0.276 e. The van der Waals surface area contributed by atoms with Gasteiger partial charge in [0, 0.05) is 35.2 Å². The minimum Gasteiger partial charge on any atom is -0.329 e. The van der Waals surface area contributed by atoms with Crippen molar-refractivity contribution >= 4 is 39.1 Å². The van der Waals surface area contributed by atoms with Crippen LogP contribution in [0.1, 0.15) is 24.3 Å². The van der Waals surface area contributed by atoms with E-state index in [0.29, 0.717) is 0 Å². The number of aromatic amines is 1. The van der Waals surface area contributed by atoms with Crippen LogP contribution in [-0.4, -0.2) is 64.1 Å². The summed E-state index contributed by atoms with van der Waals surface area (Å²) >= 11 is 11.9. The molecule has 8 nitrogen and oxygen atoms in total. The van der Waals surface area contributed by atoms with Crippen LogP contribution in [0.3, 0.4) is 0 Å². The summed E-state index contributed by atoms with van der Waals surface area (Å²) in [7, 11) is -3.78. The summed E-state index contributed by atoms with van der Waals surface area (Å²) < 4.78 is 27.3. The number of hydrogen-bond donors (Lipinski definition) is 1. The van der Waals surface area contributed by atoms with Crippen molar-refractivity contribution in [2.75, 3.05) is 13.1 Å². The Labute approximate surface area is 161 Å². The number of rotatable bonds is 3. The van der Waals surface area contributed by atoms with Crippen molar-refractivity contribution in [2.45, 2.75) is 30.8 Å². The van der Waals surface area contributed by atoms with Crippen LogP contribution < -0.4 is 0 Å². The summed E-state index contributed by atoms with van der Waals surface area (Å²) in [6.07, 6.45) is 1.42. The average molecular weight is 418 g/mol. The molecule has 1 aliphatic rings. The molecular weight excluding hydrogens is 401 g/mol. The first kappa shape index (κ1) is 19.1. The lowest BCUT2D eigenvalue weighted by molar-refractivity contribution is 0.0435. The van der Waals surface area contributed by atoms with Gasteiger partial charge in [0.1, 0.15) is 0 Å². The molecule has 0 saturated carbocycles. The highest BCUT2D eigenvalue weighted by Gasteiger charge is 2.39. The monoisotopic (exact) mass is 417 g/mol. The van der Waals surface area contributed by atoms with Crippen molar-refractivity contribution in [3.8, 4) is 0 Å². The maximum absolute atomic E-state index is 13.0. The summed E-state index contributed by atoms with van der Waals surface area (Å²) in [6.45, 7) is 3.89. The fourth-order valence-electron chi connectivity index (χ4n) is 3.14. The van der Waals surface area contributed by atoms with Gasteiger partial charge < -0.3 is 4.90 Å². The number of nitrogens with one attached hydrogen (secondary N) is 1. The third kappa shape index (κ3) is 3.57. The lowest BCUT2D eigenvalue weighted by atomic mass is 10.1. The number of benzene rings is 1. The van der Waals surface area contributed by atoms with Gasteiger partial charge in [0.2, 0.25) is 10.0 Å². The van der Waals surface area contributed by atoms with Crippen molar-refractivity contribution < 1.29 is 13.2 Å². The molecule has 1 N–H and O–H groups in total. The summed E-state index contributed by atoms with van der Waals surface area (Å²) in [6, 6.07) is 3.53. The second kappa shape index (κ2) is 7.15. The van der Waals surface area contributed by atoms with Gasteiger partial charge in [0.15, 0.2) is 5.69 Å². The Morgan fingerprint density at radius 2 is 1.73 bits per heavy atom. The first-order valence-electron chi connectivity index (χ1n) is 7.85. The van der Waals surface area contributed by atoms with E-state index in [1.54, 1.807) is 18.7 Å². The number of nitrogens with zero attached hydrogens (tertiary/aromatic N) is 4. The quantitative estimate of drug-likeness (QED) is 0.823. The van der Waals surface area contributed by atoms with Gasteiger partial charge in [-0.15, -0.1) is 5.10 Å². The molecular formula is C15H17Cl2N5O3S. The van der Waals surface area contributed by atoms with Gasteiger partial charge >= 0.3 is 0 Å². The van der Waals surface area contributed by atoms with Crippen molar-refractivity contribution in [1.29, 1.82) is 0 Å². The number of halogens is 2. The Morgan fingerprint density at radius 1 is 1.15 bits per heavy atom. The van der Waals surface area contributed by atoms with Crippen LogP contribution in [0, 0.1) is 0 Å². The summed E-state index contributed by atoms with van der Waals surface area (Å²) in [5.41, 5.74) is 0.196. The molecule has 2 heterocycles. The zero-order chi connectivity index (χ0) is 19.1. The first-order valence-corrected chi connectivity index (χ1v) is 10.0. The number of hydrogen-bond acceptors (Lipinski definition) is 5. The Hall–Kier alpha value is -1.68. The number of sulfonamides is 1. The summed E-state index contributed by atoms with van der Waals surface area (Å²) in [5.74, 6) is -0.290. The van der Waals surface area contributed by atoms with E-state index < -0.39 is 10.0 Å². The molecule has 1 saturated heterocycles. The van der Waals surface area contributed by atoms with E-state index in [2.05, 4.69) is 15.4 Å². The van der Waals surface area contributed by atoms with Gasteiger partial charge in [-0.3, -0.25) is 9.89 Å². The highest BCUT2D eigenvalue weighted by molar-refractivity contribution is 7.89. The van der Waals surface area contributed by atoms with Gasteiger partial charge in [0.25, 0.3) is 5.91 Å². The third-order valence-electron chi connectivity index (χ3n) is 4.23. The normalized spacial score (nSPS) is 21.8. The minimum absolute atomic E-state index is 0.0330. The van der Waals surface area contributed by atoms with Crippen LogP contribution in [0.2, 0.25) is 10.0 Å². The number of aromatic nitrogens is 3. The van der Waals surface area contributed by atoms with Gasteiger partial charge in [-0.05, 0) is 32.0 Å². The van der Waals surface area contributed by atoms with Crippen LogP contribution in [0.4, 0.5) is 0 Å². The van der Waals surface area contributed by atoms with Gasteiger partial charge in [0.05, 0.1) is 11.1 Å². The molecule has 1 aliphatic heterocycles. The number of piperazine rings is 1. The van der Waals surface area contributed by atoms with Crippen LogP contribution in [0.15, 0.2) is 29.3 Å². The first-order chi connectivity index (χ1) is 12.2. The van der Waals surface area contributed by atoms with E-state index in [4.69, 9.17) is 23.2 Å². The average Bonchev–Trinajstić information content (AvgIpc) is 3.07. The number of carbonyl (C=O) groups is 1. The smallest absolute Gasteiger partial charge is 0.276 e. The molecule has 1 fully saturated rings. The van der Waals surface area contributed by atoms with E-state index in [9.17, 15) is 13.2 Å².